The van der Waals surface area contributed by atoms with E-state index in [1.54, 1.807) is 35.2 Å². The molecule has 6 rings (SSSR count). The van der Waals surface area contributed by atoms with Crippen LogP contribution in [0.4, 0.5) is 11.6 Å². The molecule has 0 unspecified atom stereocenters. The first-order chi connectivity index (χ1) is 19.5. The smallest absolute Gasteiger partial charge is 0.242 e. The fourth-order valence-corrected chi connectivity index (χ4v) is 5.09. The molecule has 12 nitrogen and oxygen atoms in total. The molecule has 2 N–H and O–H groups in total. The number of nitrogens with one attached hydrogen (secondary N) is 2. The zero-order chi connectivity index (χ0) is 27.6. The minimum Gasteiger partial charge on any atom is -0.377 e. The zero-order valence-electron chi connectivity index (χ0n) is 22.5. The average Bonchev–Trinajstić information content (AvgIpc) is 3.65. The second-order valence-corrected chi connectivity index (χ2v) is 11.0. The Balaban J connectivity index is 1.24. The molecule has 1 fully saturated rings. The summed E-state index contributed by atoms with van der Waals surface area (Å²) >= 11 is 1.61. The van der Waals surface area contributed by atoms with Crippen LogP contribution >= 0.6 is 11.9 Å². The van der Waals surface area contributed by atoms with E-state index < -0.39 is 0 Å². The lowest BCUT2D eigenvalue weighted by molar-refractivity contribution is -0.126. The Morgan fingerprint density at radius 3 is 2.73 bits per heavy atom. The quantitative estimate of drug-likeness (QED) is 0.262. The maximum absolute atomic E-state index is 12.3. The number of aromatic nitrogens is 8. The number of hydrogen-bond donors (Lipinski definition) is 2. The number of nitrogens with zero attached hydrogens (tertiary/aromatic N) is 8. The summed E-state index contributed by atoms with van der Waals surface area (Å²) in [5.41, 5.74) is 3.81. The fraction of sp³-hybridized carbons (Fsp3) is 0.333. The zero-order valence-corrected chi connectivity index (χ0v) is 23.3. The Bertz CT molecular complexity index is 1650. The molecule has 5 aromatic rings. The molecule has 5 aromatic heterocycles. The Labute approximate surface area is 235 Å². The van der Waals surface area contributed by atoms with Crippen LogP contribution in [0.3, 0.4) is 0 Å². The number of amides is 1. The first-order valence-electron chi connectivity index (χ1n) is 13.2. The molecule has 13 heteroatoms. The summed E-state index contributed by atoms with van der Waals surface area (Å²) < 4.78 is 10.8. The number of carbonyl (C=O) groups excluding carboxylic acids is 1. The van der Waals surface area contributed by atoms with Crippen molar-refractivity contribution in [2.24, 2.45) is 0 Å². The molecule has 1 aliphatic heterocycles. The largest absolute Gasteiger partial charge is 0.377 e. The van der Waals surface area contributed by atoms with E-state index in [4.69, 9.17) is 4.74 Å². The summed E-state index contributed by atoms with van der Waals surface area (Å²) in [7, 11) is 0. The Morgan fingerprint density at radius 1 is 1.10 bits per heavy atom. The molecule has 206 valence electrons. The van der Waals surface area contributed by atoms with Gasteiger partial charge < -0.3 is 19.9 Å². The van der Waals surface area contributed by atoms with Gasteiger partial charge in [-0.2, -0.15) is 10.2 Å². The molecule has 0 aliphatic carbocycles. The van der Waals surface area contributed by atoms with Crippen molar-refractivity contribution in [1.29, 1.82) is 0 Å². The molecule has 1 saturated heterocycles. The predicted molar refractivity (Wildman–Crippen MR) is 154 cm³/mol. The van der Waals surface area contributed by atoms with E-state index in [2.05, 4.69) is 67.3 Å². The summed E-state index contributed by atoms with van der Waals surface area (Å²) in [6.45, 7) is 7.65. The first kappa shape index (κ1) is 26.0. The van der Waals surface area contributed by atoms with Crippen LogP contribution in [-0.4, -0.2) is 69.4 Å². The van der Waals surface area contributed by atoms with E-state index in [0.29, 0.717) is 30.7 Å². The van der Waals surface area contributed by atoms with Gasteiger partial charge >= 0.3 is 0 Å². The van der Waals surface area contributed by atoms with Gasteiger partial charge in [0, 0.05) is 65.4 Å². The van der Waals surface area contributed by atoms with Gasteiger partial charge in [0.2, 0.25) is 5.91 Å². The molecule has 0 saturated carbocycles. The van der Waals surface area contributed by atoms with Crippen LogP contribution in [0.1, 0.15) is 26.8 Å². The molecule has 1 aliphatic rings. The van der Waals surface area contributed by atoms with Gasteiger partial charge in [-0.25, -0.2) is 19.0 Å². The Kier molecular flexibility index (Phi) is 7.22. The van der Waals surface area contributed by atoms with Gasteiger partial charge in [0.25, 0.3) is 0 Å². The van der Waals surface area contributed by atoms with Crippen LogP contribution < -0.4 is 10.6 Å². The predicted octanol–water partition coefficient (Wildman–Crippen LogP) is 3.91. The third kappa shape index (κ3) is 5.42. The van der Waals surface area contributed by atoms with Gasteiger partial charge in [0.15, 0.2) is 5.82 Å². The van der Waals surface area contributed by atoms with E-state index in [1.807, 2.05) is 34.8 Å². The molecule has 0 radical (unpaired) electrons. The van der Waals surface area contributed by atoms with Crippen molar-refractivity contribution < 1.29 is 9.53 Å². The highest BCUT2D eigenvalue weighted by atomic mass is 32.2. The first-order valence-corrected chi connectivity index (χ1v) is 14.1. The highest BCUT2D eigenvalue weighted by molar-refractivity contribution is 7.97. The van der Waals surface area contributed by atoms with Crippen molar-refractivity contribution in [3.05, 3.63) is 55.5 Å². The lowest BCUT2D eigenvalue weighted by Crippen LogP contribution is -2.49. The number of hydrogen-bond acceptors (Lipinski definition) is 9. The van der Waals surface area contributed by atoms with E-state index in [1.165, 1.54) is 0 Å². The van der Waals surface area contributed by atoms with Crippen molar-refractivity contribution in [2.45, 2.75) is 39.4 Å². The maximum Gasteiger partial charge on any atom is 0.242 e. The Hall–Kier alpha value is -4.23. The van der Waals surface area contributed by atoms with E-state index in [0.717, 1.165) is 33.3 Å². The highest BCUT2D eigenvalue weighted by Gasteiger charge is 2.21. The third-order valence-corrected chi connectivity index (χ3v) is 7.24. The number of rotatable bonds is 10. The summed E-state index contributed by atoms with van der Waals surface area (Å²) in [6, 6.07) is 4.16. The van der Waals surface area contributed by atoms with Crippen LogP contribution in [-0.2, 0) is 16.1 Å². The van der Waals surface area contributed by atoms with Crippen molar-refractivity contribution in [3.63, 3.8) is 0 Å². The van der Waals surface area contributed by atoms with Gasteiger partial charge in [0.05, 0.1) is 42.7 Å². The SMILES string of the molecule is CCSn1cc(-c2nccc(Nc3cc4c(cn3)c(-c3cnn(CC(=O)NC5COC5)c3)cn4C(C)C)n2)cn1. The molecular formula is C27H30N10O2S. The number of fused-ring (bicyclic) bond motifs is 1. The molecule has 40 heavy (non-hydrogen) atoms. The van der Waals surface area contributed by atoms with Crippen molar-refractivity contribution in [2.75, 3.05) is 24.3 Å². The van der Waals surface area contributed by atoms with Gasteiger partial charge in [-0.15, -0.1) is 0 Å². The normalized spacial score (nSPS) is 13.6. The van der Waals surface area contributed by atoms with Crippen LogP contribution in [0.5, 0.6) is 0 Å². The van der Waals surface area contributed by atoms with Crippen LogP contribution in [0.15, 0.2) is 55.5 Å². The molecule has 1 amide bonds. The number of pyridine rings is 1. The van der Waals surface area contributed by atoms with Gasteiger partial charge in [0.1, 0.15) is 18.2 Å². The van der Waals surface area contributed by atoms with Crippen LogP contribution in [0.25, 0.3) is 33.4 Å². The molecular weight excluding hydrogens is 528 g/mol. The second kappa shape index (κ2) is 11.1. The number of ether oxygens (including phenoxy) is 1. The third-order valence-electron chi connectivity index (χ3n) is 6.52. The summed E-state index contributed by atoms with van der Waals surface area (Å²) in [4.78, 5) is 26.1. The molecule has 0 aromatic carbocycles. The van der Waals surface area contributed by atoms with E-state index in [9.17, 15) is 4.79 Å². The minimum atomic E-state index is -0.0773. The molecule has 0 spiro atoms. The molecule has 6 heterocycles. The standard InChI is InChI=1S/C27H30N10O2S/c1-4-40-37-12-19(9-31-37)27-28-6-5-24(34-27)33-25-7-23-21(10-29-25)22(13-36(23)17(2)3)18-8-30-35(11-18)14-26(38)32-20-15-39-16-20/h5-13,17,20H,4,14-16H2,1-3H3,(H,32,38)(H,28,29,33,34). The second-order valence-electron chi connectivity index (χ2n) is 9.80. The average molecular weight is 559 g/mol. The fourth-order valence-electron chi connectivity index (χ4n) is 4.52. The van der Waals surface area contributed by atoms with E-state index in [-0.39, 0.29) is 24.5 Å². The van der Waals surface area contributed by atoms with Crippen LogP contribution in [0, 0.1) is 0 Å². The minimum absolute atomic E-state index is 0.0773. The summed E-state index contributed by atoms with van der Waals surface area (Å²) in [6.07, 6.45) is 13.1. The summed E-state index contributed by atoms with van der Waals surface area (Å²) in [5, 5.41) is 16.0. The van der Waals surface area contributed by atoms with Gasteiger partial charge in [-0.05, 0) is 31.9 Å². The monoisotopic (exact) mass is 558 g/mol. The number of anilines is 2. The Morgan fingerprint density at radius 2 is 1.95 bits per heavy atom. The number of carbonyl (C=O) groups is 1. The maximum atomic E-state index is 12.3. The lowest BCUT2D eigenvalue weighted by Gasteiger charge is -2.26. The van der Waals surface area contributed by atoms with Crippen molar-refractivity contribution >= 4 is 40.4 Å². The molecule has 0 bridgehead atoms. The van der Waals surface area contributed by atoms with Crippen molar-refractivity contribution in [3.8, 4) is 22.5 Å². The van der Waals surface area contributed by atoms with Gasteiger partial charge in [-0.1, -0.05) is 6.92 Å². The highest BCUT2D eigenvalue weighted by Crippen LogP contribution is 2.33. The van der Waals surface area contributed by atoms with Crippen LogP contribution in [0.2, 0.25) is 0 Å². The van der Waals surface area contributed by atoms with Crippen molar-refractivity contribution in [1.82, 2.24) is 43.8 Å². The topological polar surface area (TPSA) is 130 Å². The van der Waals surface area contributed by atoms with E-state index >= 15 is 0 Å². The summed E-state index contributed by atoms with van der Waals surface area (Å²) in [5.74, 6) is 2.75. The molecule has 0 atom stereocenters. The van der Waals surface area contributed by atoms with Gasteiger partial charge in [-0.3, -0.25) is 9.48 Å². The lowest BCUT2D eigenvalue weighted by atomic mass is 10.1.